The summed E-state index contributed by atoms with van der Waals surface area (Å²) in [4.78, 5) is 12.5. The molecule has 0 radical (unpaired) electrons. The van der Waals surface area contributed by atoms with Crippen LogP contribution in [0.1, 0.15) is 5.56 Å². The smallest absolute Gasteiger partial charge is 0.266 e. The van der Waals surface area contributed by atoms with Crippen molar-refractivity contribution in [3.8, 4) is 23.0 Å². The molecule has 124 valence electrons. The Morgan fingerprint density at radius 3 is 2.60 bits per heavy atom. The molecule has 2 aromatic carbocycles. The van der Waals surface area contributed by atoms with Crippen LogP contribution in [0.25, 0.3) is 6.08 Å². The molecule has 0 spiro atoms. The van der Waals surface area contributed by atoms with Crippen molar-refractivity contribution in [2.75, 3.05) is 12.4 Å². The fourth-order valence-corrected chi connectivity index (χ4v) is 2.49. The second-order valence-electron chi connectivity index (χ2n) is 4.75. The molecule has 0 fully saturated rings. The van der Waals surface area contributed by atoms with Crippen LogP contribution in [0.3, 0.4) is 0 Å². The maximum Gasteiger partial charge on any atom is 0.266 e. The van der Waals surface area contributed by atoms with Gasteiger partial charge in [-0.05, 0) is 47.7 Å². The van der Waals surface area contributed by atoms with E-state index in [4.69, 9.17) is 10.00 Å². The summed E-state index contributed by atoms with van der Waals surface area (Å²) in [6.45, 7) is 0. The predicted octanol–water partition coefficient (Wildman–Crippen LogP) is 3.52. The van der Waals surface area contributed by atoms with Gasteiger partial charge in [-0.2, -0.15) is 10.5 Å². The normalized spacial score (nSPS) is 10.4. The van der Waals surface area contributed by atoms with Crippen molar-refractivity contribution < 1.29 is 14.6 Å². The number of nitrogens with one attached hydrogen (secondary N) is 1. The number of para-hydroxylation sites is 1. The van der Waals surface area contributed by atoms with E-state index in [1.165, 1.54) is 25.3 Å². The van der Waals surface area contributed by atoms with Gasteiger partial charge in [-0.1, -0.05) is 18.2 Å². The first-order chi connectivity index (χ1) is 12.1. The summed E-state index contributed by atoms with van der Waals surface area (Å²) in [5.74, 6) is -0.582. The van der Waals surface area contributed by atoms with Crippen molar-refractivity contribution in [2.45, 2.75) is 4.90 Å². The van der Waals surface area contributed by atoms with Crippen molar-refractivity contribution in [3.05, 3.63) is 53.6 Å². The summed E-state index contributed by atoms with van der Waals surface area (Å²) in [6, 6.07) is 13.6. The highest BCUT2D eigenvalue weighted by molar-refractivity contribution is 8.03. The van der Waals surface area contributed by atoms with Crippen LogP contribution < -0.4 is 10.1 Å². The quantitative estimate of drug-likeness (QED) is 0.369. The highest BCUT2D eigenvalue weighted by Gasteiger charge is 2.13. The number of aromatic hydroxyl groups is 1. The molecule has 0 atom stereocenters. The summed E-state index contributed by atoms with van der Waals surface area (Å²) in [5, 5.41) is 32.5. The number of carbonyl (C=O) groups excluding carboxylic acids is 1. The highest BCUT2D eigenvalue weighted by atomic mass is 32.2. The zero-order valence-corrected chi connectivity index (χ0v) is 14.0. The van der Waals surface area contributed by atoms with Crippen LogP contribution in [0.5, 0.6) is 11.5 Å². The summed E-state index contributed by atoms with van der Waals surface area (Å²) in [5.41, 5.74) is 0.898. The minimum Gasteiger partial charge on any atom is -0.503 e. The van der Waals surface area contributed by atoms with E-state index < -0.39 is 5.91 Å². The largest absolute Gasteiger partial charge is 0.503 e. The van der Waals surface area contributed by atoms with Gasteiger partial charge in [0.2, 0.25) is 0 Å². The first kappa shape index (κ1) is 17.9. The number of nitrogens with zero attached hydrogens (tertiary/aromatic N) is 2. The maximum atomic E-state index is 12.2. The third-order valence-electron chi connectivity index (χ3n) is 3.15. The van der Waals surface area contributed by atoms with Crippen LogP contribution in [0.2, 0.25) is 0 Å². The first-order valence-corrected chi connectivity index (χ1v) is 7.85. The van der Waals surface area contributed by atoms with E-state index in [2.05, 4.69) is 5.32 Å². The molecule has 0 saturated heterocycles. The molecule has 2 aromatic rings. The Labute approximate surface area is 149 Å². The van der Waals surface area contributed by atoms with Gasteiger partial charge in [-0.3, -0.25) is 4.79 Å². The van der Waals surface area contributed by atoms with E-state index in [1.54, 1.807) is 24.3 Å². The predicted molar refractivity (Wildman–Crippen MR) is 94.8 cm³/mol. The fourth-order valence-electron chi connectivity index (χ4n) is 2.00. The minimum absolute atomic E-state index is 0.121. The third-order valence-corrected chi connectivity index (χ3v) is 3.77. The van der Waals surface area contributed by atoms with Gasteiger partial charge in [-0.15, -0.1) is 0 Å². The lowest BCUT2D eigenvalue weighted by molar-refractivity contribution is -0.112. The maximum absolute atomic E-state index is 12.2. The van der Waals surface area contributed by atoms with Gasteiger partial charge in [0.15, 0.2) is 11.5 Å². The number of phenols is 1. The average molecular weight is 351 g/mol. The molecule has 0 bridgehead atoms. The number of thioether (sulfide) groups is 1. The summed E-state index contributed by atoms with van der Waals surface area (Å²) < 4.78 is 5.06. The van der Waals surface area contributed by atoms with E-state index in [-0.39, 0.29) is 22.0 Å². The van der Waals surface area contributed by atoms with Crippen LogP contribution in [0.4, 0.5) is 5.69 Å². The lowest BCUT2D eigenvalue weighted by Gasteiger charge is -2.08. The summed E-state index contributed by atoms with van der Waals surface area (Å²) >= 11 is 0.754. The zero-order valence-electron chi connectivity index (χ0n) is 13.2. The Morgan fingerprint density at radius 1 is 1.28 bits per heavy atom. The summed E-state index contributed by atoms with van der Waals surface area (Å²) in [6.07, 6.45) is 1.36. The van der Waals surface area contributed by atoms with Crippen molar-refractivity contribution in [3.63, 3.8) is 0 Å². The lowest BCUT2D eigenvalue weighted by atomic mass is 10.1. The Balaban J connectivity index is 2.36. The van der Waals surface area contributed by atoms with Crippen LogP contribution in [-0.4, -0.2) is 18.1 Å². The number of amides is 1. The van der Waals surface area contributed by atoms with Gasteiger partial charge in [0, 0.05) is 5.69 Å². The number of carbonyl (C=O) groups is 1. The molecular weight excluding hydrogens is 338 g/mol. The summed E-state index contributed by atoms with van der Waals surface area (Å²) in [7, 11) is 1.37. The third kappa shape index (κ3) is 4.54. The number of ether oxygens (including phenoxy) is 1. The number of hydrogen-bond acceptors (Lipinski definition) is 6. The molecule has 25 heavy (non-hydrogen) atoms. The van der Waals surface area contributed by atoms with Crippen molar-refractivity contribution >= 4 is 29.4 Å². The number of thiocyanates is 1. The fraction of sp³-hybridized carbons (Fsp3) is 0.0556. The van der Waals surface area contributed by atoms with Crippen molar-refractivity contribution in [1.29, 1.82) is 10.5 Å². The number of nitriles is 2. The number of hydrogen-bond donors (Lipinski definition) is 2. The van der Waals surface area contributed by atoms with E-state index in [1.807, 2.05) is 17.5 Å². The first-order valence-electron chi connectivity index (χ1n) is 7.04. The molecular formula is C18H13N3O3S. The highest BCUT2D eigenvalue weighted by Crippen LogP contribution is 2.38. The molecule has 6 nitrogen and oxygen atoms in total. The van der Waals surface area contributed by atoms with Gasteiger partial charge < -0.3 is 15.2 Å². The standard InChI is InChI=1S/C18H13N3O3S/c1-24-15-8-12(9-16(17(15)22)25-11-20)7-13(10-19)18(23)21-14-5-3-2-4-6-14/h2-9,22H,1H3,(H,21,23)/b13-7-. The van der Waals surface area contributed by atoms with Crippen LogP contribution in [-0.2, 0) is 4.79 Å². The minimum atomic E-state index is -0.560. The molecule has 1 amide bonds. The Bertz CT molecular complexity index is 896. The zero-order chi connectivity index (χ0) is 18.2. The average Bonchev–Trinajstić information content (AvgIpc) is 2.62. The van der Waals surface area contributed by atoms with E-state index in [0.717, 1.165) is 11.8 Å². The van der Waals surface area contributed by atoms with Gasteiger partial charge in [0.25, 0.3) is 5.91 Å². The number of rotatable bonds is 5. The van der Waals surface area contributed by atoms with Crippen LogP contribution >= 0.6 is 11.8 Å². The Morgan fingerprint density at radius 2 is 2.00 bits per heavy atom. The van der Waals surface area contributed by atoms with Gasteiger partial charge in [0.1, 0.15) is 17.0 Å². The monoisotopic (exact) mass is 351 g/mol. The number of methoxy groups -OCH3 is 1. The van der Waals surface area contributed by atoms with Crippen LogP contribution in [0.15, 0.2) is 52.9 Å². The SMILES string of the molecule is COc1cc(/C=C(/C#N)C(=O)Nc2ccccc2)cc(SC#N)c1O. The topological polar surface area (TPSA) is 106 Å². The molecule has 2 N–H and O–H groups in total. The van der Waals surface area contributed by atoms with E-state index in [9.17, 15) is 15.2 Å². The molecule has 0 aromatic heterocycles. The molecule has 0 aliphatic heterocycles. The second-order valence-corrected chi connectivity index (χ2v) is 5.58. The lowest BCUT2D eigenvalue weighted by Crippen LogP contribution is -2.13. The van der Waals surface area contributed by atoms with Gasteiger partial charge in [0.05, 0.1) is 12.0 Å². The molecule has 0 aliphatic carbocycles. The molecule has 2 rings (SSSR count). The number of benzene rings is 2. The molecule has 0 aliphatic rings. The molecule has 0 unspecified atom stereocenters. The van der Waals surface area contributed by atoms with Gasteiger partial charge >= 0.3 is 0 Å². The van der Waals surface area contributed by atoms with E-state index in [0.29, 0.717) is 11.3 Å². The number of anilines is 1. The Hall–Kier alpha value is -3.42. The van der Waals surface area contributed by atoms with Gasteiger partial charge in [-0.25, -0.2) is 0 Å². The number of phenolic OH excluding ortho intramolecular Hbond substituents is 1. The second kappa shape index (κ2) is 8.44. The molecule has 0 heterocycles. The van der Waals surface area contributed by atoms with Crippen molar-refractivity contribution in [1.82, 2.24) is 0 Å². The van der Waals surface area contributed by atoms with Crippen molar-refractivity contribution in [2.24, 2.45) is 0 Å². The molecule has 7 heteroatoms. The Kier molecular flexibility index (Phi) is 6.05. The molecule has 0 saturated carbocycles. The van der Waals surface area contributed by atoms with Crippen LogP contribution in [0, 0.1) is 22.0 Å². The van der Waals surface area contributed by atoms with E-state index >= 15 is 0 Å².